The molecular formula is C26H28Cl2N2O4. The van der Waals surface area contributed by atoms with Gasteiger partial charge in [-0.15, -0.1) is 0 Å². The van der Waals surface area contributed by atoms with Crippen LogP contribution >= 0.6 is 23.2 Å². The molecular weight excluding hydrogens is 475 g/mol. The van der Waals surface area contributed by atoms with Gasteiger partial charge >= 0.3 is 0 Å². The maximum Gasteiger partial charge on any atom is 0.227 e. The summed E-state index contributed by atoms with van der Waals surface area (Å²) >= 11 is 12.2. The number of aliphatic hydroxyl groups is 1. The van der Waals surface area contributed by atoms with Crippen LogP contribution in [0.15, 0.2) is 30.3 Å². The Bertz CT molecular complexity index is 1210. The van der Waals surface area contributed by atoms with Gasteiger partial charge in [-0.3, -0.25) is 4.79 Å². The Morgan fingerprint density at radius 2 is 2.03 bits per heavy atom. The highest BCUT2D eigenvalue weighted by atomic mass is 35.5. The van der Waals surface area contributed by atoms with Crippen molar-refractivity contribution >= 4 is 29.1 Å². The molecule has 6 nitrogen and oxygen atoms in total. The van der Waals surface area contributed by atoms with Gasteiger partial charge in [0.05, 0.1) is 33.0 Å². The van der Waals surface area contributed by atoms with Gasteiger partial charge in [0.1, 0.15) is 6.10 Å². The van der Waals surface area contributed by atoms with E-state index in [9.17, 15) is 15.0 Å². The predicted molar refractivity (Wildman–Crippen MR) is 130 cm³/mol. The van der Waals surface area contributed by atoms with E-state index >= 15 is 0 Å². The lowest BCUT2D eigenvalue weighted by Crippen LogP contribution is -2.77. The first-order valence-corrected chi connectivity index (χ1v) is 12.6. The Morgan fingerprint density at radius 1 is 1.24 bits per heavy atom. The summed E-state index contributed by atoms with van der Waals surface area (Å²) in [6.45, 7) is 2.66. The Hall–Kier alpha value is -1.99. The van der Waals surface area contributed by atoms with Crippen molar-refractivity contribution in [3.8, 4) is 11.5 Å². The fourth-order valence-corrected chi connectivity index (χ4v) is 7.45. The predicted octanol–water partition coefficient (Wildman–Crippen LogP) is 3.77. The van der Waals surface area contributed by atoms with E-state index in [4.69, 9.17) is 27.9 Å². The number of hydrogen-bond acceptors (Lipinski definition) is 5. The number of hydrogen-bond donors (Lipinski definition) is 3. The maximum absolute atomic E-state index is 13.3. The fourth-order valence-electron chi connectivity index (χ4n) is 7.14. The van der Waals surface area contributed by atoms with E-state index in [0.717, 1.165) is 29.7 Å². The number of likely N-dealkylation sites (N-methyl/N-ethyl adjacent to an activating group) is 1. The van der Waals surface area contributed by atoms with Crippen LogP contribution in [0.1, 0.15) is 48.8 Å². The van der Waals surface area contributed by atoms with Gasteiger partial charge in [-0.25, -0.2) is 0 Å². The first-order chi connectivity index (χ1) is 16.2. The van der Waals surface area contributed by atoms with Crippen molar-refractivity contribution < 1.29 is 19.7 Å². The Kier molecular flexibility index (Phi) is 4.96. The number of aromatic hydroxyl groups is 1. The number of nitrogens with zero attached hydrogens (tertiary/aromatic N) is 1. The molecule has 1 saturated heterocycles. The molecule has 2 fully saturated rings. The third-order valence-electron chi connectivity index (χ3n) is 8.89. The summed E-state index contributed by atoms with van der Waals surface area (Å²) in [5, 5.41) is 27.0. The number of piperidine rings is 1. The van der Waals surface area contributed by atoms with Crippen LogP contribution in [-0.2, 0) is 16.6 Å². The molecule has 1 saturated carbocycles. The topological polar surface area (TPSA) is 82.0 Å². The number of phenolic OH excluding ortho intramolecular Hbond substituents is 1. The number of ether oxygens (including phenoxy) is 1. The summed E-state index contributed by atoms with van der Waals surface area (Å²) in [6.07, 6.45) is 2.13. The number of carbonyl (C=O) groups excluding carboxylic acids is 1. The van der Waals surface area contributed by atoms with Gasteiger partial charge in [0.15, 0.2) is 11.5 Å². The summed E-state index contributed by atoms with van der Waals surface area (Å²) in [6, 6.07) is 8.56. The van der Waals surface area contributed by atoms with Gasteiger partial charge in [-0.05, 0) is 75.5 Å². The lowest BCUT2D eigenvalue weighted by atomic mass is 9.48. The highest BCUT2D eigenvalue weighted by Gasteiger charge is 2.72. The van der Waals surface area contributed by atoms with Crippen LogP contribution in [0.2, 0.25) is 10.0 Å². The molecule has 2 aromatic carbocycles. The summed E-state index contributed by atoms with van der Waals surface area (Å²) < 4.78 is 6.46. The van der Waals surface area contributed by atoms with Crippen LogP contribution in [0.3, 0.4) is 0 Å². The van der Waals surface area contributed by atoms with Gasteiger partial charge in [0.25, 0.3) is 0 Å². The minimum Gasteiger partial charge on any atom is -0.504 e. The number of carbonyl (C=O) groups is 1. The number of nitrogens with one attached hydrogen (secondary N) is 1. The molecule has 2 bridgehead atoms. The second kappa shape index (κ2) is 7.50. The molecule has 2 aliphatic heterocycles. The first-order valence-electron chi connectivity index (χ1n) is 11.9. The van der Waals surface area contributed by atoms with Crippen molar-refractivity contribution in [3.05, 3.63) is 57.1 Å². The quantitative estimate of drug-likeness (QED) is 0.594. The van der Waals surface area contributed by atoms with Crippen LogP contribution in [0.4, 0.5) is 0 Å². The first kappa shape index (κ1) is 22.5. The molecule has 0 aromatic heterocycles. The lowest BCUT2D eigenvalue weighted by Gasteiger charge is -2.63. The van der Waals surface area contributed by atoms with Gasteiger partial charge in [0, 0.05) is 11.6 Å². The van der Waals surface area contributed by atoms with E-state index < -0.39 is 23.0 Å². The maximum atomic E-state index is 13.3. The van der Waals surface area contributed by atoms with Crippen molar-refractivity contribution in [3.63, 3.8) is 0 Å². The van der Waals surface area contributed by atoms with E-state index in [-0.39, 0.29) is 23.7 Å². The van der Waals surface area contributed by atoms with E-state index in [1.807, 2.05) is 19.1 Å². The molecule has 2 heterocycles. The minimum absolute atomic E-state index is 0.0258. The van der Waals surface area contributed by atoms with Crippen molar-refractivity contribution in [1.29, 1.82) is 0 Å². The van der Waals surface area contributed by atoms with Crippen LogP contribution < -0.4 is 10.1 Å². The Morgan fingerprint density at radius 3 is 2.79 bits per heavy atom. The Labute approximate surface area is 208 Å². The molecule has 0 radical (unpaired) electrons. The summed E-state index contributed by atoms with van der Waals surface area (Å²) in [4.78, 5) is 15.6. The van der Waals surface area contributed by atoms with Crippen molar-refractivity contribution in [2.24, 2.45) is 0 Å². The standard InChI is InChI=1S/C26H28Cl2N2O4/c1-13(14-3-5-16(27)17(28)11-14)24(32)29-18-7-8-26(33)20-12-15-4-6-19(31)22-21(15)25(26,23(18)34-22)9-10-30(20)2/h3-6,11,13,18,20,23,31,33H,7-10,12H2,1-2H3,(H,29,32)/t13?,18?,20-,23?,25+,26-/m1/s1. The third-order valence-corrected chi connectivity index (χ3v) is 9.63. The third kappa shape index (κ3) is 2.80. The minimum atomic E-state index is -0.979. The molecule has 34 heavy (non-hydrogen) atoms. The average molecular weight is 503 g/mol. The van der Waals surface area contributed by atoms with Gasteiger partial charge in [-0.2, -0.15) is 0 Å². The van der Waals surface area contributed by atoms with E-state index in [0.29, 0.717) is 35.1 Å². The highest BCUT2D eigenvalue weighted by molar-refractivity contribution is 6.42. The average Bonchev–Trinajstić information content (AvgIpc) is 3.17. The molecule has 4 aliphatic rings. The number of amides is 1. The zero-order valence-corrected chi connectivity index (χ0v) is 20.7. The van der Waals surface area contributed by atoms with Crippen LogP contribution in [0.25, 0.3) is 0 Å². The highest BCUT2D eigenvalue weighted by Crippen LogP contribution is 2.65. The van der Waals surface area contributed by atoms with Crippen molar-refractivity contribution in [1.82, 2.24) is 10.2 Å². The van der Waals surface area contributed by atoms with Gasteiger partial charge < -0.3 is 25.2 Å². The molecule has 6 rings (SSSR count). The zero-order valence-electron chi connectivity index (χ0n) is 19.1. The summed E-state index contributed by atoms with van der Waals surface area (Å²) in [5.41, 5.74) is 1.21. The lowest BCUT2D eigenvalue weighted by molar-refractivity contribution is -0.187. The molecule has 3 N–H and O–H groups in total. The second-order valence-corrected chi connectivity index (χ2v) is 11.2. The molecule has 6 atom stereocenters. The normalized spacial score (nSPS) is 34.2. The van der Waals surface area contributed by atoms with E-state index in [2.05, 4.69) is 17.3 Å². The molecule has 2 aliphatic carbocycles. The summed E-state index contributed by atoms with van der Waals surface area (Å²) in [5.74, 6) is 0.00559. The monoisotopic (exact) mass is 502 g/mol. The number of halogens is 2. The van der Waals surface area contributed by atoms with Crippen LogP contribution in [-0.4, -0.2) is 58.4 Å². The van der Waals surface area contributed by atoms with Crippen molar-refractivity contribution in [2.45, 2.75) is 67.7 Å². The SMILES string of the molecule is CC(C(=O)NC1CC[C@@]2(O)[C@H]3Cc4ccc(O)c5c4[C@@]2(CCN3C)C1O5)c1ccc(Cl)c(Cl)c1. The smallest absolute Gasteiger partial charge is 0.227 e. The molecule has 180 valence electrons. The molecule has 2 aromatic rings. The molecule has 8 heteroatoms. The van der Waals surface area contributed by atoms with Gasteiger partial charge in [0.2, 0.25) is 5.91 Å². The van der Waals surface area contributed by atoms with E-state index in [1.165, 1.54) is 0 Å². The number of benzene rings is 2. The zero-order chi connectivity index (χ0) is 24.0. The van der Waals surface area contributed by atoms with Crippen LogP contribution in [0, 0.1) is 0 Å². The number of phenols is 1. The molecule has 3 unspecified atom stereocenters. The Balaban J connectivity index is 1.37. The van der Waals surface area contributed by atoms with E-state index in [1.54, 1.807) is 18.2 Å². The number of likely N-dealkylation sites (tertiary alicyclic amines) is 1. The summed E-state index contributed by atoms with van der Waals surface area (Å²) in [7, 11) is 2.07. The largest absolute Gasteiger partial charge is 0.504 e. The number of rotatable bonds is 3. The van der Waals surface area contributed by atoms with Gasteiger partial charge in [-0.1, -0.05) is 35.3 Å². The second-order valence-electron chi connectivity index (χ2n) is 10.4. The van der Waals surface area contributed by atoms with Crippen LogP contribution in [0.5, 0.6) is 11.5 Å². The molecule has 1 spiro atoms. The van der Waals surface area contributed by atoms with Crippen molar-refractivity contribution in [2.75, 3.05) is 13.6 Å². The fraction of sp³-hybridized carbons (Fsp3) is 0.500. The molecule has 1 amide bonds.